The summed E-state index contributed by atoms with van der Waals surface area (Å²) in [6.07, 6.45) is 0. The quantitative estimate of drug-likeness (QED) is 0.112. The van der Waals surface area contributed by atoms with Gasteiger partial charge < -0.3 is 4.90 Å². The number of aromatic nitrogens is 3. The Bertz CT molecular complexity index is 4630. The molecule has 15 rings (SSSR count). The molecule has 76 heavy (non-hydrogen) atoms. The second-order valence-electron chi connectivity index (χ2n) is 19.7. The van der Waals surface area contributed by atoms with E-state index in [0.717, 1.165) is 78.1 Å². The van der Waals surface area contributed by atoms with Crippen LogP contribution in [0.15, 0.2) is 279 Å². The number of rotatable bonds is 8. The van der Waals surface area contributed by atoms with Crippen molar-refractivity contribution in [3.05, 3.63) is 279 Å². The van der Waals surface area contributed by atoms with Crippen molar-refractivity contribution in [1.29, 1.82) is 0 Å². The van der Waals surface area contributed by atoms with Crippen LogP contribution in [0.4, 0.5) is 17.1 Å². The third kappa shape index (κ3) is 7.14. The predicted octanol–water partition coefficient (Wildman–Crippen LogP) is 19.5. The van der Waals surface area contributed by atoms with E-state index in [0.29, 0.717) is 5.95 Å². The van der Waals surface area contributed by atoms with Crippen LogP contribution in [0.1, 0.15) is 0 Å². The Labute approximate surface area is 439 Å². The molecule has 0 radical (unpaired) electrons. The van der Waals surface area contributed by atoms with Crippen molar-refractivity contribution >= 4 is 92.7 Å². The number of hydrogen-bond acceptors (Lipinski definition) is 3. The van der Waals surface area contributed by atoms with Gasteiger partial charge in [0.05, 0.1) is 22.4 Å². The zero-order valence-corrected chi connectivity index (χ0v) is 41.3. The molecule has 0 aliphatic carbocycles. The summed E-state index contributed by atoms with van der Waals surface area (Å²) in [6.45, 7) is 0. The molecule has 4 heteroatoms. The molecule has 0 saturated heterocycles. The minimum absolute atomic E-state index is 0.612. The topological polar surface area (TPSA) is 34.0 Å². The summed E-state index contributed by atoms with van der Waals surface area (Å²) in [6, 6.07) is 101. The molecule has 0 bridgehead atoms. The maximum absolute atomic E-state index is 5.68. The molecule has 0 unspecified atom stereocenters. The van der Waals surface area contributed by atoms with Crippen LogP contribution in [0.25, 0.3) is 126 Å². The average molecular weight is 967 g/mol. The van der Waals surface area contributed by atoms with E-state index in [4.69, 9.17) is 9.97 Å². The highest BCUT2D eigenvalue weighted by molar-refractivity contribution is 6.31. The van der Waals surface area contributed by atoms with E-state index >= 15 is 0 Å². The molecule has 13 aromatic carbocycles. The Morgan fingerprint density at radius 3 is 1.39 bits per heavy atom. The van der Waals surface area contributed by atoms with E-state index in [2.05, 4.69) is 289 Å². The third-order valence-corrected chi connectivity index (χ3v) is 15.3. The molecule has 15 aromatic rings. The summed E-state index contributed by atoms with van der Waals surface area (Å²) in [7, 11) is 0. The molecular weight excluding hydrogens is 921 g/mol. The minimum Gasteiger partial charge on any atom is -0.310 e. The lowest BCUT2D eigenvalue weighted by Crippen LogP contribution is -2.09. The number of fused-ring (bicyclic) bond motifs is 12. The molecule has 2 aromatic heterocycles. The van der Waals surface area contributed by atoms with Crippen LogP contribution in [-0.4, -0.2) is 14.5 Å². The summed E-state index contributed by atoms with van der Waals surface area (Å²) >= 11 is 0. The van der Waals surface area contributed by atoms with Crippen molar-refractivity contribution in [2.24, 2.45) is 0 Å². The monoisotopic (exact) mass is 966 g/mol. The first-order valence-electron chi connectivity index (χ1n) is 26.0. The van der Waals surface area contributed by atoms with Crippen molar-refractivity contribution < 1.29 is 0 Å². The Hall–Kier alpha value is -10.2. The van der Waals surface area contributed by atoms with Crippen molar-refractivity contribution in [2.45, 2.75) is 0 Å². The second kappa shape index (κ2) is 17.8. The van der Waals surface area contributed by atoms with E-state index in [1.165, 1.54) is 59.4 Å². The summed E-state index contributed by atoms with van der Waals surface area (Å²) in [4.78, 5) is 13.7. The van der Waals surface area contributed by atoms with Crippen molar-refractivity contribution in [2.75, 3.05) is 4.90 Å². The van der Waals surface area contributed by atoms with Crippen molar-refractivity contribution in [1.82, 2.24) is 14.5 Å². The fraction of sp³-hybridized carbons (Fsp3) is 0. The van der Waals surface area contributed by atoms with Gasteiger partial charge in [0.25, 0.3) is 0 Å². The standard InChI is InChI=1S/C72H46N4/c1-6-21-48(22-7-1)68-70(49-23-8-2-9-24-49)73-72(74-71(68)50-25-10-3-11-26-50)76-66-40-36-53(52-35-34-47-20-16-17-27-51(47)42-52)43-65(66)69-61-46-64-60-39-38-57(75(55-28-12-4-13-29-55)56-30-14-5-15-31-56)45-63(60)59-33-19-18-32-58(59)62(64)44-54(61)37-41-67(69)76/h1-46H. The fourth-order valence-corrected chi connectivity index (χ4v) is 11.8. The van der Waals surface area contributed by atoms with Gasteiger partial charge in [0, 0.05) is 44.5 Å². The molecule has 0 fully saturated rings. The molecule has 354 valence electrons. The van der Waals surface area contributed by atoms with Gasteiger partial charge in [-0.1, -0.05) is 206 Å². The smallest absolute Gasteiger partial charge is 0.235 e. The molecule has 2 heterocycles. The first-order valence-corrected chi connectivity index (χ1v) is 26.0. The number of nitrogens with zero attached hydrogens (tertiary/aromatic N) is 4. The zero-order chi connectivity index (χ0) is 50.1. The molecule has 0 saturated carbocycles. The van der Waals surface area contributed by atoms with E-state index in [9.17, 15) is 0 Å². The molecule has 0 aliphatic heterocycles. The van der Waals surface area contributed by atoms with Gasteiger partial charge in [0.2, 0.25) is 5.95 Å². The Morgan fingerprint density at radius 2 is 0.750 bits per heavy atom. The van der Waals surface area contributed by atoms with Gasteiger partial charge in [0.1, 0.15) is 0 Å². The van der Waals surface area contributed by atoms with Crippen molar-refractivity contribution in [3.8, 4) is 50.7 Å². The van der Waals surface area contributed by atoms with Gasteiger partial charge in [0.15, 0.2) is 0 Å². The summed E-state index contributed by atoms with van der Waals surface area (Å²) in [5.74, 6) is 0.612. The largest absolute Gasteiger partial charge is 0.310 e. The SMILES string of the molecule is c1ccc(-c2nc(-n3c4ccc(-c5ccc6ccccc6c5)cc4c4c5cc6c7ccc(N(c8ccccc8)c8ccccc8)cc7c7ccccc7c6cc5ccc43)nc(-c3ccccc3)c2-c2ccccc2)cc1. The lowest BCUT2D eigenvalue weighted by atomic mass is 9.91. The molecule has 4 nitrogen and oxygen atoms in total. The number of benzene rings is 13. The summed E-state index contributed by atoms with van der Waals surface area (Å²) in [5.41, 5.74) is 13.6. The average Bonchev–Trinajstić information content (AvgIpc) is 3.87. The first kappa shape index (κ1) is 43.4. The molecular formula is C72H46N4. The van der Waals surface area contributed by atoms with Crippen LogP contribution in [-0.2, 0) is 0 Å². The van der Waals surface area contributed by atoms with Crippen LogP contribution < -0.4 is 4.90 Å². The Balaban J connectivity index is 1.04. The van der Waals surface area contributed by atoms with Crippen LogP contribution in [0, 0.1) is 0 Å². The van der Waals surface area contributed by atoms with Crippen molar-refractivity contribution in [3.63, 3.8) is 0 Å². The Kier molecular flexibility index (Phi) is 10.2. The molecule has 0 amide bonds. The minimum atomic E-state index is 0.612. The lowest BCUT2D eigenvalue weighted by molar-refractivity contribution is 0.997. The van der Waals surface area contributed by atoms with E-state index in [-0.39, 0.29) is 0 Å². The molecule has 0 spiro atoms. The highest BCUT2D eigenvalue weighted by Crippen LogP contribution is 2.46. The summed E-state index contributed by atoms with van der Waals surface area (Å²) < 4.78 is 2.30. The Morgan fingerprint density at radius 1 is 0.263 bits per heavy atom. The van der Waals surface area contributed by atoms with Gasteiger partial charge in [-0.3, -0.25) is 4.57 Å². The van der Waals surface area contributed by atoms with Crippen LogP contribution in [0.5, 0.6) is 0 Å². The molecule has 0 aliphatic rings. The van der Waals surface area contributed by atoms with Gasteiger partial charge in [-0.25, -0.2) is 9.97 Å². The molecule has 0 atom stereocenters. The van der Waals surface area contributed by atoms with E-state index in [1.54, 1.807) is 0 Å². The first-order chi connectivity index (χ1) is 37.7. The highest BCUT2D eigenvalue weighted by Gasteiger charge is 2.25. The molecule has 0 N–H and O–H groups in total. The maximum Gasteiger partial charge on any atom is 0.235 e. The van der Waals surface area contributed by atoms with Crippen LogP contribution in [0.2, 0.25) is 0 Å². The van der Waals surface area contributed by atoms with E-state index < -0.39 is 0 Å². The van der Waals surface area contributed by atoms with Crippen LogP contribution in [0.3, 0.4) is 0 Å². The third-order valence-electron chi connectivity index (χ3n) is 15.3. The fourth-order valence-electron chi connectivity index (χ4n) is 11.8. The zero-order valence-electron chi connectivity index (χ0n) is 41.3. The summed E-state index contributed by atoms with van der Waals surface area (Å²) in [5, 5.41) is 14.4. The van der Waals surface area contributed by atoms with Gasteiger partial charge in [-0.15, -0.1) is 0 Å². The predicted molar refractivity (Wildman–Crippen MR) is 320 cm³/mol. The normalized spacial score (nSPS) is 11.7. The lowest BCUT2D eigenvalue weighted by Gasteiger charge is -2.26. The van der Waals surface area contributed by atoms with Gasteiger partial charge >= 0.3 is 0 Å². The number of anilines is 3. The highest BCUT2D eigenvalue weighted by atomic mass is 15.2. The van der Waals surface area contributed by atoms with Crippen LogP contribution >= 0.6 is 0 Å². The number of para-hydroxylation sites is 2. The van der Waals surface area contributed by atoms with E-state index in [1.807, 2.05) is 0 Å². The second-order valence-corrected chi connectivity index (χ2v) is 19.7. The number of hydrogen-bond donors (Lipinski definition) is 0. The van der Waals surface area contributed by atoms with Gasteiger partial charge in [-0.2, -0.15) is 0 Å². The maximum atomic E-state index is 5.68. The van der Waals surface area contributed by atoms with Gasteiger partial charge in [-0.05, 0) is 143 Å².